The Morgan fingerprint density at radius 2 is 1.82 bits per heavy atom. The van der Waals surface area contributed by atoms with E-state index in [2.05, 4.69) is 10.2 Å². The van der Waals surface area contributed by atoms with E-state index in [1.807, 2.05) is 30.3 Å². The van der Waals surface area contributed by atoms with Crippen LogP contribution in [0.15, 0.2) is 42.5 Å². The number of fused-ring (bicyclic) bond motifs is 1. The van der Waals surface area contributed by atoms with Gasteiger partial charge in [-0.05, 0) is 17.7 Å². The van der Waals surface area contributed by atoms with Crippen LogP contribution >= 0.6 is 11.6 Å². The van der Waals surface area contributed by atoms with E-state index in [-0.39, 0.29) is 11.9 Å². The summed E-state index contributed by atoms with van der Waals surface area (Å²) in [6, 6.07) is 13.2. The summed E-state index contributed by atoms with van der Waals surface area (Å²) >= 11 is 6.29. The Labute approximate surface area is 169 Å². The molecule has 2 aromatic rings. The van der Waals surface area contributed by atoms with Crippen LogP contribution in [-0.2, 0) is 4.74 Å². The van der Waals surface area contributed by atoms with E-state index in [1.54, 1.807) is 12.1 Å². The number of nitrogens with zero attached hydrogens (tertiary/aromatic N) is 1. The van der Waals surface area contributed by atoms with E-state index < -0.39 is 0 Å². The first-order valence-corrected chi connectivity index (χ1v) is 9.83. The van der Waals surface area contributed by atoms with Crippen molar-refractivity contribution in [2.45, 2.75) is 6.04 Å². The molecule has 0 spiro atoms. The van der Waals surface area contributed by atoms with Crippen LogP contribution in [0.2, 0.25) is 5.02 Å². The molecule has 0 aromatic heterocycles. The van der Waals surface area contributed by atoms with Gasteiger partial charge in [0.2, 0.25) is 0 Å². The zero-order valence-corrected chi connectivity index (χ0v) is 16.3. The first-order valence-electron chi connectivity index (χ1n) is 9.46. The van der Waals surface area contributed by atoms with E-state index in [4.69, 9.17) is 25.8 Å². The number of amides is 1. The van der Waals surface area contributed by atoms with Gasteiger partial charge in [-0.25, -0.2) is 0 Å². The summed E-state index contributed by atoms with van der Waals surface area (Å²) in [7, 11) is 0. The van der Waals surface area contributed by atoms with E-state index >= 15 is 0 Å². The fourth-order valence-electron chi connectivity index (χ4n) is 3.45. The van der Waals surface area contributed by atoms with Crippen LogP contribution < -0.4 is 14.8 Å². The molecule has 2 aliphatic rings. The Morgan fingerprint density at radius 3 is 2.61 bits per heavy atom. The van der Waals surface area contributed by atoms with Crippen molar-refractivity contribution in [2.75, 3.05) is 46.1 Å². The normalized spacial score (nSPS) is 17.8. The molecule has 4 rings (SSSR count). The average molecular weight is 403 g/mol. The maximum absolute atomic E-state index is 13.0. The molecule has 0 radical (unpaired) electrons. The van der Waals surface area contributed by atoms with Crippen molar-refractivity contribution in [1.82, 2.24) is 10.2 Å². The summed E-state index contributed by atoms with van der Waals surface area (Å²) < 4.78 is 16.6. The van der Waals surface area contributed by atoms with Gasteiger partial charge in [0, 0.05) is 25.2 Å². The number of nitrogens with one attached hydrogen (secondary N) is 1. The predicted molar refractivity (Wildman–Crippen MR) is 106 cm³/mol. The van der Waals surface area contributed by atoms with Gasteiger partial charge in [-0.3, -0.25) is 9.69 Å². The molecular weight excluding hydrogens is 380 g/mol. The minimum absolute atomic E-state index is 0.140. The lowest BCUT2D eigenvalue weighted by Gasteiger charge is -2.31. The van der Waals surface area contributed by atoms with Crippen molar-refractivity contribution in [2.24, 2.45) is 0 Å². The van der Waals surface area contributed by atoms with Gasteiger partial charge in [0.15, 0.2) is 11.5 Å². The van der Waals surface area contributed by atoms with Crippen molar-refractivity contribution in [1.29, 1.82) is 0 Å². The second kappa shape index (κ2) is 8.82. The summed E-state index contributed by atoms with van der Waals surface area (Å²) in [5.41, 5.74) is 1.52. The lowest BCUT2D eigenvalue weighted by Crippen LogP contribution is -2.43. The largest absolute Gasteiger partial charge is 0.486 e. The number of carbonyl (C=O) groups excluding carboxylic acids is 1. The molecule has 7 heteroatoms. The fourth-order valence-corrected chi connectivity index (χ4v) is 3.71. The van der Waals surface area contributed by atoms with Crippen molar-refractivity contribution in [3.05, 3.63) is 58.6 Å². The van der Waals surface area contributed by atoms with Crippen LogP contribution in [0.1, 0.15) is 22.0 Å². The Kier molecular flexibility index (Phi) is 6.00. The van der Waals surface area contributed by atoms with Crippen molar-refractivity contribution >= 4 is 17.5 Å². The molecule has 0 aliphatic carbocycles. The Hall–Kier alpha value is -2.28. The number of ether oxygens (including phenoxy) is 3. The SMILES string of the molecule is O=C(NC(CN1CCOCC1)c1ccccc1)c1cc(Cl)c2c(c1)OCCO2. The van der Waals surface area contributed by atoms with Gasteiger partial charge in [-0.1, -0.05) is 41.9 Å². The van der Waals surface area contributed by atoms with E-state index in [9.17, 15) is 4.79 Å². The molecule has 2 aliphatic heterocycles. The number of benzene rings is 2. The lowest BCUT2D eigenvalue weighted by molar-refractivity contribution is 0.0332. The number of hydrogen-bond donors (Lipinski definition) is 1. The van der Waals surface area contributed by atoms with Crippen LogP contribution in [0, 0.1) is 0 Å². The summed E-state index contributed by atoms with van der Waals surface area (Å²) in [6.07, 6.45) is 0. The van der Waals surface area contributed by atoms with Crippen LogP contribution in [0.4, 0.5) is 0 Å². The number of carbonyl (C=O) groups is 1. The average Bonchev–Trinajstić information content (AvgIpc) is 2.74. The molecule has 1 N–H and O–H groups in total. The highest BCUT2D eigenvalue weighted by Crippen LogP contribution is 2.38. The molecule has 1 amide bonds. The zero-order valence-electron chi connectivity index (χ0n) is 15.5. The van der Waals surface area contributed by atoms with Crippen LogP contribution in [-0.4, -0.2) is 56.9 Å². The van der Waals surface area contributed by atoms with Gasteiger partial charge in [0.1, 0.15) is 13.2 Å². The second-order valence-electron chi connectivity index (χ2n) is 6.83. The minimum Gasteiger partial charge on any atom is -0.486 e. The highest BCUT2D eigenvalue weighted by molar-refractivity contribution is 6.32. The highest BCUT2D eigenvalue weighted by atomic mass is 35.5. The highest BCUT2D eigenvalue weighted by Gasteiger charge is 2.23. The smallest absolute Gasteiger partial charge is 0.252 e. The third kappa shape index (κ3) is 4.41. The number of hydrogen-bond acceptors (Lipinski definition) is 5. The van der Waals surface area contributed by atoms with Crippen LogP contribution in [0.25, 0.3) is 0 Å². The quantitative estimate of drug-likeness (QED) is 0.833. The molecule has 148 valence electrons. The summed E-state index contributed by atoms with van der Waals surface area (Å²) in [5, 5.41) is 3.54. The standard InChI is InChI=1S/C21H23ClN2O4/c22-17-12-16(13-19-20(17)28-11-10-27-19)21(25)23-18(15-4-2-1-3-5-15)14-24-6-8-26-9-7-24/h1-5,12-13,18H,6-11,14H2,(H,23,25). The number of rotatable bonds is 5. The second-order valence-corrected chi connectivity index (χ2v) is 7.24. The van der Waals surface area contributed by atoms with Gasteiger partial charge < -0.3 is 19.5 Å². The Balaban J connectivity index is 1.54. The van der Waals surface area contributed by atoms with Gasteiger partial charge in [-0.2, -0.15) is 0 Å². The molecule has 0 bridgehead atoms. The molecule has 6 nitrogen and oxygen atoms in total. The van der Waals surface area contributed by atoms with Gasteiger partial charge in [0.25, 0.3) is 5.91 Å². The molecule has 1 atom stereocenters. The van der Waals surface area contributed by atoms with E-state index in [1.165, 1.54) is 0 Å². The predicted octanol–water partition coefficient (Wildman–Crippen LogP) is 2.91. The summed E-state index contributed by atoms with van der Waals surface area (Å²) in [5.74, 6) is 0.812. The molecule has 2 heterocycles. The number of halogens is 1. The Bertz CT molecular complexity index is 825. The topological polar surface area (TPSA) is 60.0 Å². The summed E-state index contributed by atoms with van der Waals surface area (Å²) in [4.78, 5) is 15.3. The lowest BCUT2D eigenvalue weighted by atomic mass is 10.0. The van der Waals surface area contributed by atoms with Gasteiger partial charge >= 0.3 is 0 Å². The maximum atomic E-state index is 13.0. The summed E-state index contributed by atoms with van der Waals surface area (Å²) in [6.45, 7) is 4.76. The molecule has 2 aromatic carbocycles. The molecule has 1 unspecified atom stereocenters. The molecule has 0 saturated carbocycles. The molecule has 28 heavy (non-hydrogen) atoms. The van der Waals surface area contributed by atoms with Crippen molar-refractivity contribution in [3.8, 4) is 11.5 Å². The van der Waals surface area contributed by atoms with Crippen molar-refractivity contribution in [3.63, 3.8) is 0 Å². The molecular formula is C21H23ClN2O4. The fraction of sp³-hybridized carbons (Fsp3) is 0.381. The Morgan fingerprint density at radius 1 is 1.07 bits per heavy atom. The third-order valence-corrected chi connectivity index (χ3v) is 5.19. The van der Waals surface area contributed by atoms with Gasteiger partial charge in [0.05, 0.1) is 24.3 Å². The van der Waals surface area contributed by atoms with E-state index in [0.717, 1.165) is 25.2 Å². The first kappa shape index (κ1) is 19.1. The molecule has 1 fully saturated rings. The maximum Gasteiger partial charge on any atom is 0.252 e. The van der Waals surface area contributed by atoms with Gasteiger partial charge in [-0.15, -0.1) is 0 Å². The van der Waals surface area contributed by atoms with Crippen LogP contribution in [0.5, 0.6) is 11.5 Å². The molecule has 1 saturated heterocycles. The minimum atomic E-state index is -0.194. The van der Waals surface area contributed by atoms with Crippen LogP contribution in [0.3, 0.4) is 0 Å². The third-order valence-electron chi connectivity index (χ3n) is 4.91. The monoisotopic (exact) mass is 402 g/mol. The number of morpholine rings is 1. The zero-order chi connectivity index (χ0) is 19.3. The first-order chi connectivity index (χ1) is 13.7. The van der Waals surface area contributed by atoms with E-state index in [0.29, 0.717) is 48.5 Å². The van der Waals surface area contributed by atoms with Crippen molar-refractivity contribution < 1.29 is 19.0 Å².